The molecule has 0 fully saturated rings. The summed E-state index contributed by atoms with van der Waals surface area (Å²) in [6.07, 6.45) is 0. The van der Waals surface area contributed by atoms with Crippen LogP contribution in [0.25, 0.3) is 10.2 Å². The molecule has 98 valence electrons. The van der Waals surface area contributed by atoms with E-state index in [2.05, 4.69) is 0 Å². The van der Waals surface area contributed by atoms with Crippen LogP contribution < -0.4 is 0 Å². The van der Waals surface area contributed by atoms with E-state index in [1.807, 2.05) is 52.5 Å². The van der Waals surface area contributed by atoms with E-state index in [4.69, 9.17) is 12.2 Å². The van der Waals surface area contributed by atoms with Crippen LogP contribution in [-0.4, -0.2) is 41.9 Å². The summed E-state index contributed by atoms with van der Waals surface area (Å²) in [5.41, 5.74) is 0.929. The van der Waals surface area contributed by atoms with Crippen molar-refractivity contribution in [1.29, 1.82) is 0 Å². The molecule has 0 N–H and O–H groups in total. The van der Waals surface area contributed by atoms with Crippen molar-refractivity contribution in [2.45, 2.75) is 0 Å². The van der Waals surface area contributed by atoms with Crippen molar-refractivity contribution in [3.63, 3.8) is 0 Å². The lowest BCUT2D eigenvalue weighted by Crippen LogP contribution is -2.25. The van der Waals surface area contributed by atoms with Gasteiger partial charge in [-0.25, -0.2) is 13.7 Å². The highest BCUT2D eigenvalue weighted by molar-refractivity contribution is 7.74. The van der Waals surface area contributed by atoms with E-state index < -0.39 is 7.59 Å². The summed E-state index contributed by atoms with van der Waals surface area (Å²) in [4.78, 5) is 0. The van der Waals surface area contributed by atoms with Crippen LogP contribution in [-0.2, 0) is 4.57 Å². The summed E-state index contributed by atoms with van der Waals surface area (Å²) >= 11 is 6.89. The van der Waals surface area contributed by atoms with Gasteiger partial charge < -0.3 is 0 Å². The summed E-state index contributed by atoms with van der Waals surface area (Å²) < 4.78 is 20.2. The minimum Gasteiger partial charge on any atom is -0.263 e. The van der Waals surface area contributed by atoms with Crippen LogP contribution in [0.5, 0.6) is 0 Å². The van der Waals surface area contributed by atoms with E-state index >= 15 is 0 Å². The topological polar surface area (TPSA) is 28.5 Å². The molecule has 0 unspecified atom stereocenters. The first-order valence-corrected chi connectivity index (χ1v) is 8.25. The molecule has 4 nitrogen and oxygen atoms in total. The van der Waals surface area contributed by atoms with Gasteiger partial charge in [-0.2, -0.15) is 0 Å². The number of aromatic nitrogens is 1. The molecule has 1 aromatic heterocycles. The Morgan fingerprint density at radius 1 is 1.17 bits per heavy atom. The summed E-state index contributed by atoms with van der Waals surface area (Å²) in [7, 11) is 4.40. The number of rotatable bonds is 3. The fourth-order valence-electron chi connectivity index (χ4n) is 1.92. The van der Waals surface area contributed by atoms with Crippen molar-refractivity contribution in [1.82, 2.24) is 13.7 Å². The van der Waals surface area contributed by atoms with Crippen molar-refractivity contribution in [2.75, 3.05) is 28.2 Å². The van der Waals surface area contributed by atoms with E-state index in [0.29, 0.717) is 3.95 Å². The van der Waals surface area contributed by atoms with Crippen molar-refractivity contribution < 1.29 is 4.57 Å². The Kier molecular flexibility index (Phi) is 3.76. The molecule has 0 radical (unpaired) electrons. The molecule has 0 aliphatic carbocycles. The molecule has 0 spiro atoms. The Bertz CT molecular complexity index is 662. The van der Waals surface area contributed by atoms with Gasteiger partial charge in [0.2, 0.25) is 0 Å². The van der Waals surface area contributed by atoms with Gasteiger partial charge in [-0.15, -0.1) is 11.3 Å². The average Bonchev–Trinajstić information content (AvgIpc) is 2.63. The molecule has 2 rings (SSSR count). The van der Waals surface area contributed by atoms with Crippen molar-refractivity contribution in [3.05, 3.63) is 28.2 Å². The van der Waals surface area contributed by atoms with Gasteiger partial charge in [-0.05, 0) is 52.5 Å². The number of thiazole rings is 1. The molecule has 2 aromatic rings. The van der Waals surface area contributed by atoms with Crippen LogP contribution in [0.15, 0.2) is 24.3 Å². The lowest BCUT2D eigenvalue weighted by Gasteiger charge is -2.31. The van der Waals surface area contributed by atoms with Gasteiger partial charge in [0.25, 0.3) is 0 Å². The van der Waals surface area contributed by atoms with Gasteiger partial charge in [-0.3, -0.25) is 4.57 Å². The Balaban J connectivity index is 2.85. The Labute approximate surface area is 116 Å². The van der Waals surface area contributed by atoms with E-state index in [-0.39, 0.29) is 0 Å². The number of hydrogen-bond acceptors (Lipinski definition) is 3. The van der Waals surface area contributed by atoms with Gasteiger partial charge in [0, 0.05) is 0 Å². The third-order valence-electron chi connectivity index (χ3n) is 2.77. The third-order valence-corrected chi connectivity index (χ3v) is 7.41. The molecular formula is C11H16N3OPS2. The maximum absolute atomic E-state index is 13.3. The lowest BCUT2D eigenvalue weighted by molar-refractivity contribution is 0.438. The highest BCUT2D eigenvalue weighted by Gasteiger charge is 2.32. The Morgan fingerprint density at radius 3 is 2.28 bits per heavy atom. The minimum absolute atomic E-state index is 0.641. The van der Waals surface area contributed by atoms with Crippen molar-refractivity contribution >= 4 is 41.4 Å². The van der Waals surface area contributed by atoms with Gasteiger partial charge in [0.15, 0.2) is 3.95 Å². The summed E-state index contributed by atoms with van der Waals surface area (Å²) in [5.74, 6) is 0. The van der Waals surface area contributed by atoms with Gasteiger partial charge in [0.1, 0.15) is 0 Å². The van der Waals surface area contributed by atoms with E-state index in [1.165, 1.54) is 11.3 Å². The number of fused-ring (bicyclic) bond motifs is 1. The molecule has 0 amide bonds. The van der Waals surface area contributed by atoms with E-state index in [9.17, 15) is 4.57 Å². The summed E-state index contributed by atoms with van der Waals surface area (Å²) in [5, 5.41) is 0. The van der Waals surface area contributed by atoms with Gasteiger partial charge in [0.05, 0.1) is 10.2 Å². The Hall–Kier alpha value is -0.520. The smallest absolute Gasteiger partial charge is 0.263 e. The minimum atomic E-state index is -2.86. The SMILES string of the molecule is CN(C)P(=O)(N(C)C)n1c(=S)sc2ccccc21. The van der Waals surface area contributed by atoms with Crippen LogP contribution in [0.1, 0.15) is 0 Å². The first-order valence-electron chi connectivity index (χ1n) is 5.46. The first kappa shape index (κ1) is 13.9. The number of benzene rings is 1. The second-order valence-electron chi connectivity index (χ2n) is 4.36. The maximum atomic E-state index is 13.3. The molecule has 0 saturated carbocycles. The molecule has 0 aliphatic heterocycles. The summed E-state index contributed by atoms with van der Waals surface area (Å²) in [6.45, 7) is 0. The fraction of sp³-hybridized carbons (Fsp3) is 0.364. The number of hydrogen-bond donors (Lipinski definition) is 0. The van der Waals surface area contributed by atoms with Gasteiger partial charge in [-0.1, -0.05) is 12.1 Å². The number of nitrogens with zero attached hydrogens (tertiary/aromatic N) is 3. The largest absolute Gasteiger partial charge is 0.315 e. The van der Waals surface area contributed by atoms with Crippen LogP contribution in [0.4, 0.5) is 0 Å². The molecular weight excluding hydrogens is 285 g/mol. The number of para-hydroxylation sites is 1. The van der Waals surface area contributed by atoms with Crippen LogP contribution >= 0.6 is 31.1 Å². The van der Waals surface area contributed by atoms with Crippen molar-refractivity contribution in [2.24, 2.45) is 0 Å². The van der Waals surface area contributed by atoms with Crippen molar-refractivity contribution in [3.8, 4) is 0 Å². The normalized spacial score (nSPS) is 12.8. The lowest BCUT2D eigenvalue weighted by atomic mass is 10.3. The maximum Gasteiger partial charge on any atom is 0.315 e. The highest BCUT2D eigenvalue weighted by Crippen LogP contribution is 2.53. The zero-order valence-corrected chi connectivity index (χ0v) is 13.4. The third kappa shape index (κ3) is 1.98. The Morgan fingerprint density at radius 2 is 1.72 bits per heavy atom. The predicted octanol–water partition coefficient (Wildman–Crippen LogP) is 3.51. The quantitative estimate of drug-likeness (QED) is 0.641. The first-order chi connectivity index (χ1) is 8.39. The van der Waals surface area contributed by atoms with Gasteiger partial charge >= 0.3 is 7.59 Å². The molecule has 0 atom stereocenters. The summed E-state index contributed by atoms with van der Waals surface area (Å²) in [6, 6.07) is 7.87. The second-order valence-corrected chi connectivity index (χ2v) is 9.06. The highest BCUT2D eigenvalue weighted by atomic mass is 32.1. The molecule has 7 heteroatoms. The molecule has 0 aliphatic rings. The molecule has 0 bridgehead atoms. The molecule has 1 aromatic carbocycles. The second kappa shape index (κ2) is 4.87. The molecule has 1 heterocycles. The van der Waals surface area contributed by atoms with E-state index in [0.717, 1.165) is 10.2 Å². The fourth-order valence-corrected chi connectivity index (χ4v) is 5.99. The van der Waals surface area contributed by atoms with Crippen LogP contribution in [0.2, 0.25) is 0 Å². The monoisotopic (exact) mass is 301 g/mol. The van der Waals surface area contributed by atoms with E-state index in [1.54, 1.807) is 13.7 Å². The zero-order valence-electron chi connectivity index (χ0n) is 10.8. The predicted molar refractivity (Wildman–Crippen MR) is 81.0 cm³/mol. The molecule has 0 saturated heterocycles. The standard InChI is InChI=1S/C11H16N3OPS2/c1-12(2)16(15,13(3)4)14-9-7-5-6-8-10(9)18-11(14)17/h5-8H,1-4H3. The van der Waals surface area contributed by atoms with Crippen LogP contribution in [0, 0.1) is 3.95 Å². The average molecular weight is 301 g/mol. The molecule has 18 heavy (non-hydrogen) atoms. The zero-order chi connectivity index (χ0) is 13.5. The van der Waals surface area contributed by atoms with Crippen LogP contribution in [0.3, 0.4) is 0 Å².